The van der Waals surface area contributed by atoms with E-state index >= 15 is 0 Å². The van der Waals surface area contributed by atoms with Crippen LogP contribution >= 0.6 is 0 Å². The van der Waals surface area contributed by atoms with Gasteiger partial charge in [0.1, 0.15) is 0 Å². The molecule has 0 saturated heterocycles. The lowest BCUT2D eigenvalue weighted by Gasteiger charge is -2.24. The largest absolute Gasteiger partial charge is 0.437 e. The van der Waals surface area contributed by atoms with Gasteiger partial charge in [0, 0.05) is 26.6 Å². The van der Waals surface area contributed by atoms with E-state index in [9.17, 15) is 9.90 Å². The van der Waals surface area contributed by atoms with Crippen LogP contribution in [0.25, 0.3) is 0 Å². The Morgan fingerprint density at radius 3 is 2.53 bits per heavy atom. The van der Waals surface area contributed by atoms with Gasteiger partial charge in [0.2, 0.25) is 0 Å². The van der Waals surface area contributed by atoms with Crippen molar-refractivity contribution in [2.75, 3.05) is 18.5 Å². The Morgan fingerprint density at radius 1 is 1.53 bits per heavy atom. The molecule has 0 aliphatic heterocycles. The van der Waals surface area contributed by atoms with Crippen LogP contribution in [-0.2, 0) is 0 Å². The molecule has 1 heterocycles. The van der Waals surface area contributed by atoms with E-state index in [0.717, 1.165) is 0 Å². The lowest BCUT2D eigenvalue weighted by molar-refractivity contribution is 0.0876. The fourth-order valence-corrected chi connectivity index (χ4v) is 1.38. The number of Topliss-reactive ketones (excluding diaryl/α,β-unsaturated/α-hetero) is 1. The van der Waals surface area contributed by atoms with Gasteiger partial charge in [-0.2, -0.15) is 0 Å². The van der Waals surface area contributed by atoms with Crippen molar-refractivity contribution in [1.29, 1.82) is 0 Å². The predicted molar refractivity (Wildman–Crippen MR) is 58.3 cm³/mol. The normalized spacial score (nSPS) is 11.5. The number of rotatable bonds is 4. The third-order valence-corrected chi connectivity index (χ3v) is 1.94. The first-order valence-corrected chi connectivity index (χ1v) is 4.84. The van der Waals surface area contributed by atoms with E-state index in [0.29, 0.717) is 18.2 Å². The monoisotopic (exact) mass is 211 g/mol. The van der Waals surface area contributed by atoms with E-state index < -0.39 is 5.60 Å². The quantitative estimate of drug-likeness (QED) is 0.770. The summed E-state index contributed by atoms with van der Waals surface area (Å²) in [5.74, 6) is 0.827. The lowest BCUT2D eigenvalue weighted by Crippen LogP contribution is -2.36. The number of hydrogen-bond acceptors (Lipinski definition) is 4. The summed E-state index contributed by atoms with van der Waals surface area (Å²) in [5.41, 5.74) is -0.794. The van der Waals surface area contributed by atoms with Crippen LogP contribution in [0.5, 0.6) is 0 Å². The third-order valence-electron chi connectivity index (χ3n) is 1.94. The molecule has 0 radical (unpaired) electrons. The zero-order valence-electron chi connectivity index (χ0n) is 9.57. The van der Waals surface area contributed by atoms with Crippen LogP contribution in [0.2, 0.25) is 0 Å². The van der Waals surface area contributed by atoms with Gasteiger partial charge in [-0.15, -0.1) is 0 Å². The molecule has 4 nitrogen and oxygen atoms in total. The Morgan fingerprint density at radius 2 is 2.13 bits per heavy atom. The summed E-state index contributed by atoms with van der Waals surface area (Å²) >= 11 is 0. The maximum absolute atomic E-state index is 11.0. The number of furan rings is 1. The molecule has 0 spiro atoms. The first-order valence-electron chi connectivity index (χ1n) is 4.84. The maximum atomic E-state index is 11.0. The summed E-state index contributed by atoms with van der Waals surface area (Å²) < 4.78 is 5.32. The molecule has 84 valence electrons. The molecule has 0 unspecified atom stereocenters. The first kappa shape index (κ1) is 11.8. The molecule has 0 aromatic carbocycles. The molecule has 0 atom stereocenters. The maximum Gasteiger partial charge on any atom is 0.196 e. The predicted octanol–water partition coefficient (Wildman–Crippen LogP) is 1.69. The topological polar surface area (TPSA) is 53.7 Å². The molecule has 0 saturated carbocycles. The number of anilines is 1. The molecule has 15 heavy (non-hydrogen) atoms. The highest BCUT2D eigenvalue weighted by molar-refractivity contribution is 5.91. The Bertz CT molecular complexity index is 349. The summed E-state index contributed by atoms with van der Waals surface area (Å²) in [6.07, 6.45) is 0. The highest BCUT2D eigenvalue weighted by Gasteiger charge is 2.18. The van der Waals surface area contributed by atoms with E-state index in [4.69, 9.17) is 4.42 Å². The van der Waals surface area contributed by atoms with E-state index in [2.05, 4.69) is 0 Å². The van der Waals surface area contributed by atoms with Crippen LogP contribution in [-0.4, -0.2) is 30.1 Å². The van der Waals surface area contributed by atoms with E-state index in [1.165, 1.54) is 6.92 Å². The Kier molecular flexibility index (Phi) is 3.19. The minimum absolute atomic E-state index is 0.0992. The molecule has 4 heteroatoms. The van der Waals surface area contributed by atoms with Crippen molar-refractivity contribution in [2.45, 2.75) is 26.4 Å². The zero-order valence-corrected chi connectivity index (χ0v) is 9.57. The van der Waals surface area contributed by atoms with Crippen molar-refractivity contribution in [2.24, 2.45) is 0 Å². The van der Waals surface area contributed by atoms with Gasteiger partial charge in [-0.05, 0) is 19.9 Å². The molecule has 1 aromatic heterocycles. The molecule has 1 aromatic rings. The number of carbonyl (C=O) groups is 1. The van der Waals surface area contributed by atoms with Crippen molar-refractivity contribution in [3.05, 3.63) is 17.9 Å². The number of ketones is 1. The summed E-state index contributed by atoms with van der Waals surface area (Å²) in [7, 11) is 1.81. The highest BCUT2D eigenvalue weighted by Crippen LogP contribution is 2.19. The Balaban J connectivity index is 2.74. The summed E-state index contributed by atoms with van der Waals surface area (Å²) in [4.78, 5) is 12.8. The van der Waals surface area contributed by atoms with Gasteiger partial charge in [0.15, 0.2) is 17.4 Å². The molecule has 1 rings (SSSR count). The summed E-state index contributed by atoms with van der Waals surface area (Å²) in [6, 6.07) is 3.36. The van der Waals surface area contributed by atoms with Crippen LogP contribution in [0.4, 0.5) is 5.88 Å². The molecule has 0 fully saturated rings. The van der Waals surface area contributed by atoms with Crippen molar-refractivity contribution in [3.63, 3.8) is 0 Å². The average Bonchev–Trinajstić information content (AvgIpc) is 2.47. The highest BCUT2D eigenvalue weighted by atomic mass is 16.4. The smallest absolute Gasteiger partial charge is 0.196 e. The van der Waals surface area contributed by atoms with Crippen molar-refractivity contribution < 1.29 is 14.3 Å². The van der Waals surface area contributed by atoms with Gasteiger partial charge in [-0.3, -0.25) is 4.79 Å². The number of aliphatic hydroxyl groups is 1. The number of nitrogens with zero attached hydrogens (tertiary/aromatic N) is 1. The van der Waals surface area contributed by atoms with Gasteiger partial charge < -0.3 is 14.4 Å². The molecule has 0 amide bonds. The average molecular weight is 211 g/mol. The van der Waals surface area contributed by atoms with Gasteiger partial charge in [-0.1, -0.05) is 0 Å². The van der Waals surface area contributed by atoms with Crippen molar-refractivity contribution >= 4 is 11.7 Å². The Hall–Kier alpha value is -1.29. The fraction of sp³-hybridized carbons (Fsp3) is 0.545. The summed E-state index contributed by atoms with van der Waals surface area (Å²) in [5, 5.41) is 9.62. The van der Waals surface area contributed by atoms with Crippen molar-refractivity contribution in [1.82, 2.24) is 0 Å². The zero-order chi connectivity index (χ0) is 11.6. The van der Waals surface area contributed by atoms with Crippen LogP contribution in [0, 0.1) is 0 Å². The second kappa shape index (κ2) is 4.06. The van der Waals surface area contributed by atoms with E-state index in [1.54, 1.807) is 37.9 Å². The first-order chi connectivity index (χ1) is 6.79. The molecular formula is C11H17NO3. The second-order valence-electron chi connectivity index (χ2n) is 4.36. The minimum atomic E-state index is -0.794. The molecule has 0 aliphatic carbocycles. The van der Waals surface area contributed by atoms with Gasteiger partial charge >= 0.3 is 0 Å². The lowest BCUT2D eigenvalue weighted by atomic mass is 10.1. The number of carbonyl (C=O) groups excluding carboxylic acids is 1. The third kappa shape index (κ3) is 3.40. The fourth-order valence-electron chi connectivity index (χ4n) is 1.38. The van der Waals surface area contributed by atoms with Crippen LogP contribution in [0.3, 0.4) is 0 Å². The van der Waals surface area contributed by atoms with Crippen molar-refractivity contribution in [3.8, 4) is 0 Å². The minimum Gasteiger partial charge on any atom is -0.437 e. The van der Waals surface area contributed by atoms with E-state index in [-0.39, 0.29) is 5.78 Å². The number of likely N-dealkylation sites (N-methyl/N-ethyl adjacent to an activating group) is 1. The van der Waals surface area contributed by atoms with Crippen LogP contribution < -0.4 is 4.90 Å². The Labute approximate surface area is 89.5 Å². The summed E-state index contributed by atoms with van der Waals surface area (Å²) in [6.45, 7) is 5.34. The number of hydrogen-bond donors (Lipinski definition) is 1. The molecule has 0 bridgehead atoms. The van der Waals surface area contributed by atoms with E-state index in [1.807, 2.05) is 0 Å². The standard InChI is InChI=1S/C11H17NO3/c1-8(13)9-5-6-10(15-9)12(4)7-11(2,3)14/h5-6,14H,7H2,1-4H3. The van der Waals surface area contributed by atoms with Gasteiger partial charge in [0.05, 0.1) is 5.60 Å². The van der Waals surface area contributed by atoms with Crippen LogP contribution in [0.15, 0.2) is 16.5 Å². The van der Waals surface area contributed by atoms with Gasteiger partial charge in [0.25, 0.3) is 0 Å². The SMILES string of the molecule is CC(=O)c1ccc(N(C)CC(C)(C)O)o1. The molecule has 1 N–H and O–H groups in total. The molecular weight excluding hydrogens is 194 g/mol. The molecule has 0 aliphatic rings. The van der Waals surface area contributed by atoms with Crippen LogP contribution in [0.1, 0.15) is 31.3 Å². The second-order valence-corrected chi connectivity index (χ2v) is 4.36. The van der Waals surface area contributed by atoms with Gasteiger partial charge in [-0.25, -0.2) is 0 Å².